The van der Waals surface area contributed by atoms with Crippen LogP contribution in [-0.2, 0) is 16.0 Å². The highest BCUT2D eigenvalue weighted by molar-refractivity contribution is 7.14. The van der Waals surface area contributed by atoms with Gasteiger partial charge in [-0.25, -0.2) is 9.78 Å². The highest BCUT2D eigenvalue weighted by atomic mass is 32.1. The van der Waals surface area contributed by atoms with Crippen LogP contribution in [0.25, 0.3) is 11.3 Å². The Bertz CT molecular complexity index is 1100. The second-order valence-electron chi connectivity index (χ2n) is 6.57. The van der Waals surface area contributed by atoms with E-state index in [0.29, 0.717) is 45.4 Å². The van der Waals surface area contributed by atoms with E-state index in [9.17, 15) is 14.4 Å². The summed E-state index contributed by atoms with van der Waals surface area (Å²) in [7, 11) is 1.31. The van der Waals surface area contributed by atoms with E-state index < -0.39 is 5.97 Å². The molecule has 2 amide bonds. The molecule has 0 aliphatic carbocycles. The van der Waals surface area contributed by atoms with Gasteiger partial charge in [-0.1, -0.05) is 19.1 Å². The number of aromatic amines is 1. The third-order valence-electron chi connectivity index (χ3n) is 4.52. The minimum atomic E-state index is -0.473. The Hall–Kier alpha value is -3.46. The molecule has 0 fully saturated rings. The topological polar surface area (TPSA) is 113 Å². The third-order valence-corrected chi connectivity index (χ3v) is 5.28. The maximum Gasteiger partial charge on any atom is 0.339 e. The summed E-state index contributed by atoms with van der Waals surface area (Å²) >= 11 is 1.30. The van der Waals surface area contributed by atoms with E-state index in [2.05, 4.69) is 20.6 Å². The number of aryl methyl sites for hydroxylation is 1. The molecule has 0 saturated heterocycles. The van der Waals surface area contributed by atoms with Crippen molar-refractivity contribution >= 4 is 39.9 Å². The van der Waals surface area contributed by atoms with Gasteiger partial charge >= 0.3 is 5.97 Å². The second kappa shape index (κ2) is 8.91. The number of ether oxygens (including phenoxy) is 1. The lowest BCUT2D eigenvalue weighted by atomic mass is 10.1. The van der Waals surface area contributed by atoms with Crippen LogP contribution in [0.3, 0.4) is 0 Å². The quantitative estimate of drug-likeness (QED) is 0.516. The van der Waals surface area contributed by atoms with E-state index in [-0.39, 0.29) is 11.8 Å². The molecule has 0 bridgehead atoms. The number of nitrogens with zero attached hydrogens (tertiary/aromatic N) is 1. The number of aromatic nitrogens is 2. The number of amides is 2. The van der Waals surface area contributed by atoms with Gasteiger partial charge in [0.25, 0.3) is 5.91 Å². The Morgan fingerprint density at radius 2 is 1.87 bits per heavy atom. The molecule has 0 aliphatic heterocycles. The number of esters is 1. The van der Waals surface area contributed by atoms with Crippen molar-refractivity contribution in [3.63, 3.8) is 0 Å². The van der Waals surface area contributed by atoms with Crippen LogP contribution in [0, 0.1) is 6.92 Å². The molecule has 9 heteroatoms. The van der Waals surface area contributed by atoms with E-state index in [0.717, 1.165) is 5.56 Å². The molecular formula is C21H22N4O4S. The normalized spacial score (nSPS) is 10.5. The molecule has 30 heavy (non-hydrogen) atoms. The molecular weight excluding hydrogens is 404 g/mol. The molecule has 3 aromatic rings. The monoisotopic (exact) mass is 426 g/mol. The first-order chi connectivity index (χ1) is 14.3. The SMILES string of the molecule is CCc1[nH]c(C(=O)Nc2nc(-c3ccc(NC(C)=O)cc3)cs2)c(C)c1C(=O)OC. The Balaban J connectivity index is 1.78. The zero-order valence-corrected chi connectivity index (χ0v) is 17.9. The van der Waals surface area contributed by atoms with Crippen LogP contribution in [0.4, 0.5) is 10.8 Å². The number of nitrogens with one attached hydrogen (secondary N) is 3. The summed E-state index contributed by atoms with van der Waals surface area (Å²) in [5.41, 5.74) is 4.17. The lowest BCUT2D eigenvalue weighted by Gasteiger charge is -2.03. The Morgan fingerprint density at radius 1 is 1.17 bits per heavy atom. The number of hydrogen-bond donors (Lipinski definition) is 3. The van der Waals surface area contributed by atoms with Crippen molar-refractivity contribution in [1.29, 1.82) is 0 Å². The first-order valence-corrected chi connectivity index (χ1v) is 10.2. The van der Waals surface area contributed by atoms with Gasteiger partial charge in [-0.15, -0.1) is 11.3 Å². The summed E-state index contributed by atoms with van der Waals surface area (Å²) < 4.78 is 4.83. The fraction of sp³-hybridized carbons (Fsp3) is 0.238. The van der Waals surface area contributed by atoms with Gasteiger partial charge in [0.2, 0.25) is 5.91 Å². The molecule has 156 valence electrons. The van der Waals surface area contributed by atoms with E-state index in [1.807, 2.05) is 24.4 Å². The van der Waals surface area contributed by atoms with Crippen LogP contribution in [-0.4, -0.2) is 34.9 Å². The van der Waals surface area contributed by atoms with Gasteiger partial charge in [0.1, 0.15) is 5.69 Å². The Labute approximate surface area is 177 Å². The number of H-pyrrole nitrogens is 1. The molecule has 0 radical (unpaired) electrons. The summed E-state index contributed by atoms with van der Waals surface area (Å²) in [4.78, 5) is 43.4. The van der Waals surface area contributed by atoms with Crippen molar-refractivity contribution in [1.82, 2.24) is 9.97 Å². The van der Waals surface area contributed by atoms with E-state index in [4.69, 9.17) is 4.74 Å². The van der Waals surface area contributed by atoms with Gasteiger partial charge in [-0.3, -0.25) is 14.9 Å². The van der Waals surface area contributed by atoms with Crippen LogP contribution in [0.5, 0.6) is 0 Å². The smallest absolute Gasteiger partial charge is 0.339 e. The first kappa shape index (κ1) is 21.3. The largest absolute Gasteiger partial charge is 0.465 e. The lowest BCUT2D eigenvalue weighted by molar-refractivity contribution is -0.114. The predicted octanol–water partition coefficient (Wildman–Crippen LogP) is 4.01. The number of rotatable bonds is 6. The number of hydrogen-bond acceptors (Lipinski definition) is 6. The van der Waals surface area contributed by atoms with Gasteiger partial charge in [-0.2, -0.15) is 0 Å². The average molecular weight is 426 g/mol. The molecule has 8 nitrogen and oxygen atoms in total. The highest BCUT2D eigenvalue weighted by Gasteiger charge is 2.24. The number of thiazole rings is 1. The van der Waals surface area contributed by atoms with Crippen molar-refractivity contribution in [2.24, 2.45) is 0 Å². The van der Waals surface area contributed by atoms with Gasteiger partial charge < -0.3 is 15.0 Å². The summed E-state index contributed by atoms with van der Waals surface area (Å²) in [5.74, 6) is -0.985. The first-order valence-electron chi connectivity index (χ1n) is 9.28. The molecule has 0 unspecified atom stereocenters. The maximum atomic E-state index is 12.8. The van der Waals surface area contributed by atoms with Gasteiger partial charge in [0, 0.05) is 29.2 Å². The van der Waals surface area contributed by atoms with Gasteiger partial charge in [0.15, 0.2) is 5.13 Å². The number of methoxy groups -OCH3 is 1. The number of carbonyl (C=O) groups excluding carboxylic acids is 3. The minimum absolute atomic E-state index is 0.136. The Morgan fingerprint density at radius 3 is 2.47 bits per heavy atom. The second-order valence-corrected chi connectivity index (χ2v) is 7.43. The van der Waals surface area contributed by atoms with E-state index in [1.165, 1.54) is 25.4 Å². The van der Waals surface area contributed by atoms with Crippen molar-refractivity contribution in [3.05, 3.63) is 52.2 Å². The van der Waals surface area contributed by atoms with Gasteiger partial charge in [0.05, 0.1) is 18.4 Å². The molecule has 1 aromatic carbocycles. The van der Waals surface area contributed by atoms with Crippen LogP contribution in [0.1, 0.15) is 46.0 Å². The highest BCUT2D eigenvalue weighted by Crippen LogP contribution is 2.27. The number of carbonyl (C=O) groups is 3. The minimum Gasteiger partial charge on any atom is -0.465 e. The predicted molar refractivity (Wildman–Crippen MR) is 116 cm³/mol. The summed E-state index contributed by atoms with van der Waals surface area (Å²) in [6, 6.07) is 7.27. The molecule has 0 atom stereocenters. The van der Waals surface area contributed by atoms with Crippen LogP contribution < -0.4 is 10.6 Å². The molecule has 2 aromatic heterocycles. The molecule has 0 spiro atoms. The van der Waals surface area contributed by atoms with Crippen LogP contribution >= 0.6 is 11.3 Å². The zero-order chi connectivity index (χ0) is 21.8. The summed E-state index contributed by atoms with van der Waals surface area (Å²) in [6.45, 7) is 5.05. The van der Waals surface area contributed by atoms with E-state index >= 15 is 0 Å². The molecule has 3 rings (SSSR count). The molecule has 0 saturated carbocycles. The fourth-order valence-corrected chi connectivity index (χ4v) is 3.79. The zero-order valence-electron chi connectivity index (χ0n) is 17.1. The van der Waals surface area contributed by atoms with Crippen molar-refractivity contribution in [2.75, 3.05) is 17.7 Å². The number of anilines is 2. The average Bonchev–Trinajstić information content (AvgIpc) is 3.31. The number of benzene rings is 1. The summed E-state index contributed by atoms with van der Waals surface area (Å²) in [5, 5.41) is 7.76. The van der Waals surface area contributed by atoms with Crippen molar-refractivity contribution in [3.8, 4) is 11.3 Å². The van der Waals surface area contributed by atoms with Crippen LogP contribution in [0.2, 0.25) is 0 Å². The van der Waals surface area contributed by atoms with Gasteiger partial charge in [-0.05, 0) is 31.0 Å². The van der Waals surface area contributed by atoms with Crippen molar-refractivity contribution in [2.45, 2.75) is 27.2 Å². The molecule has 3 N–H and O–H groups in total. The summed E-state index contributed by atoms with van der Waals surface area (Å²) in [6.07, 6.45) is 0.564. The van der Waals surface area contributed by atoms with E-state index in [1.54, 1.807) is 19.1 Å². The third kappa shape index (κ3) is 4.41. The molecule has 0 aliphatic rings. The lowest BCUT2D eigenvalue weighted by Crippen LogP contribution is -2.14. The van der Waals surface area contributed by atoms with Crippen molar-refractivity contribution < 1.29 is 19.1 Å². The maximum absolute atomic E-state index is 12.8. The molecule has 2 heterocycles. The standard InChI is InChI=1S/C21H22N4O4S/c1-5-15-17(20(28)29-4)11(2)18(23-15)19(27)25-21-24-16(10-30-21)13-6-8-14(9-7-13)22-12(3)26/h6-10,23H,5H2,1-4H3,(H,22,26)(H,24,25,27). The fourth-order valence-electron chi connectivity index (χ4n) is 3.08. The van der Waals surface area contributed by atoms with Crippen LogP contribution in [0.15, 0.2) is 29.6 Å². The Kier molecular flexibility index (Phi) is 6.31.